The third-order valence-electron chi connectivity index (χ3n) is 3.29. The quantitative estimate of drug-likeness (QED) is 0.643. The summed E-state index contributed by atoms with van der Waals surface area (Å²) in [5.74, 6) is 0.336. The van der Waals surface area contributed by atoms with Crippen molar-refractivity contribution in [2.24, 2.45) is 0 Å². The summed E-state index contributed by atoms with van der Waals surface area (Å²) in [5.41, 5.74) is 0.643. The second-order valence-electron chi connectivity index (χ2n) is 5.17. The molecule has 0 aliphatic carbocycles. The zero-order valence-corrected chi connectivity index (χ0v) is 14.5. The van der Waals surface area contributed by atoms with Gasteiger partial charge in [-0.05, 0) is 31.5 Å². The van der Waals surface area contributed by atoms with Crippen molar-refractivity contribution < 1.29 is 14.3 Å². The highest BCUT2D eigenvalue weighted by Gasteiger charge is 2.08. The molecule has 0 saturated carbocycles. The first-order valence-electron chi connectivity index (χ1n) is 7.59. The number of hydrogen-bond donors (Lipinski definition) is 3. The predicted molar refractivity (Wildman–Crippen MR) is 92.0 cm³/mol. The average molecular weight is 342 g/mol. The first kappa shape index (κ1) is 19.1. The zero-order valence-electron chi connectivity index (χ0n) is 13.7. The summed E-state index contributed by atoms with van der Waals surface area (Å²) >= 11 is 5.92. The van der Waals surface area contributed by atoms with Gasteiger partial charge >= 0.3 is 0 Å². The average Bonchev–Trinajstić information content (AvgIpc) is 2.52. The Morgan fingerprint density at radius 1 is 1.30 bits per heavy atom. The van der Waals surface area contributed by atoms with Crippen molar-refractivity contribution in [3.63, 3.8) is 0 Å². The van der Waals surface area contributed by atoms with Gasteiger partial charge in [-0.1, -0.05) is 18.5 Å². The molecule has 0 heterocycles. The van der Waals surface area contributed by atoms with Crippen LogP contribution in [0.4, 0.5) is 5.69 Å². The van der Waals surface area contributed by atoms with E-state index in [1.54, 1.807) is 25.3 Å². The van der Waals surface area contributed by atoms with Gasteiger partial charge in [0.1, 0.15) is 5.75 Å². The number of carbonyl (C=O) groups excluding carboxylic acids is 2. The molecule has 0 bridgehead atoms. The van der Waals surface area contributed by atoms with Crippen LogP contribution in [0.2, 0.25) is 5.02 Å². The van der Waals surface area contributed by atoms with Crippen molar-refractivity contribution >= 4 is 29.1 Å². The second-order valence-corrected chi connectivity index (χ2v) is 5.61. The first-order valence-corrected chi connectivity index (χ1v) is 7.97. The van der Waals surface area contributed by atoms with Crippen LogP contribution < -0.4 is 20.7 Å². The smallest absolute Gasteiger partial charge is 0.239 e. The Labute approximate surface area is 141 Å². The lowest BCUT2D eigenvalue weighted by molar-refractivity contribution is -0.122. The monoisotopic (exact) mass is 341 g/mol. The van der Waals surface area contributed by atoms with Crippen LogP contribution in [0.5, 0.6) is 5.75 Å². The molecule has 0 aromatic heterocycles. The van der Waals surface area contributed by atoms with Gasteiger partial charge in [0.25, 0.3) is 0 Å². The highest BCUT2D eigenvalue weighted by Crippen LogP contribution is 2.27. The number of hydrogen-bond acceptors (Lipinski definition) is 4. The summed E-state index contributed by atoms with van der Waals surface area (Å²) in [7, 11) is 1.55. The minimum atomic E-state index is -0.205. The summed E-state index contributed by atoms with van der Waals surface area (Å²) < 4.78 is 5.19. The van der Waals surface area contributed by atoms with E-state index in [0.29, 0.717) is 23.0 Å². The van der Waals surface area contributed by atoms with Gasteiger partial charge < -0.3 is 20.7 Å². The standard InChI is InChI=1S/C16H24ClN3O3/c1-4-11(2)20-15(21)7-8-18-16(22)10-19-13-9-12(17)5-6-14(13)23-3/h5-6,9,11,19H,4,7-8,10H2,1-3H3,(H,18,22)(H,20,21)/t11-/m1/s1. The molecule has 1 aromatic carbocycles. The third-order valence-corrected chi connectivity index (χ3v) is 3.53. The van der Waals surface area contributed by atoms with Gasteiger partial charge in [-0.2, -0.15) is 0 Å². The molecule has 128 valence electrons. The van der Waals surface area contributed by atoms with Gasteiger partial charge in [0.2, 0.25) is 11.8 Å². The Hall–Kier alpha value is -1.95. The van der Waals surface area contributed by atoms with Crippen molar-refractivity contribution in [2.45, 2.75) is 32.7 Å². The Balaban J connectivity index is 2.32. The lowest BCUT2D eigenvalue weighted by atomic mass is 10.2. The van der Waals surface area contributed by atoms with Crippen molar-refractivity contribution in [2.75, 3.05) is 25.5 Å². The van der Waals surface area contributed by atoms with Gasteiger partial charge in [-0.3, -0.25) is 9.59 Å². The van der Waals surface area contributed by atoms with Crippen LogP contribution in [-0.2, 0) is 9.59 Å². The van der Waals surface area contributed by atoms with Crippen molar-refractivity contribution in [3.05, 3.63) is 23.2 Å². The van der Waals surface area contributed by atoms with Crippen LogP contribution in [0.1, 0.15) is 26.7 Å². The minimum Gasteiger partial charge on any atom is -0.495 e. The van der Waals surface area contributed by atoms with E-state index in [4.69, 9.17) is 16.3 Å². The SMILES string of the molecule is CC[C@@H](C)NC(=O)CCNC(=O)CNc1cc(Cl)ccc1OC. The molecule has 0 saturated heterocycles. The molecule has 0 aliphatic rings. The lowest BCUT2D eigenvalue weighted by Crippen LogP contribution is -2.36. The fourth-order valence-corrected chi connectivity index (χ4v) is 1.99. The molecule has 1 aromatic rings. The number of anilines is 1. The second kappa shape index (κ2) is 9.94. The molecular weight excluding hydrogens is 318 g/mol. The van der Waals surface area contributed by atoms with Gasteiger partial charge in [0, 0.05) is 24.0 Å². The summed E-state index contributed by atoms with van der Waals surface area (Å²) in [5, 5.41) is 9.05. The zero-order chi connectivity index (χ0) is 17.2. The number of methoxy groups -OCH3 is 1. The topological polar surface area (TPSA) is 79.5 Å². The van der Waals surface area contributed by atoms with E-state index < -0.39 is 0 Å². The Morgan fingerprint density at radius 3 is 2.70 bits per heavy atom. The number of ether oxygens (including phenoxy) is 1. The summed E-state index contributed by atoms with van der Waals surface area (Å²) in [4.78, 5) is 23.4. The molecule has 0 spiro atoms. The van der Waals surface area contributed by atoms with Gasteiger partial charge in [-0.15, -0.1) is 0 Å². The van der Waals surface area contributed by atoms with Crippen LogP contribution in [0.15, 0.2) is 18.2 Å². The molecule has 0 unspecified atom stereocenters. The molecule has 6 nitrogen and oxygen atoms in total. The van der Waals surface area contributed by atoms with Gasteiger partial charge in [0.05, 0.1) is 19.3 Å². The van der Waals surface area contributed by atoms with Crippen LogP contribution in [-0.4, -0.2) is 38.1 Å². The Bertz CT molecular complexity index is 537. The normalized spacial score (nSPS) is 11.5. The van der Waals surface area contributed by atoms with E-state index in [9.17, 15) is 9.59 Å². The van der Waals surface area contributed by atoms with Crippen LogP contribution in [0, 0.1) is 0 Å². The molecule has 0 fully saturated rings. The lowest BCUT2D eigenvalue weighted by Gasteiger charge is -2.13. The third kappa shape index (κ3) is 7.23. The summed E-state index contributed by atoms with van der Waals surface area (Å²) in [6, 6.07) is 5.27. The van der Waals surface area contributed by atoms with Gasteiger partial charge in [-0.25, -0.2) is 0 Å². The van der Waals surface area contributed by atoms with E-state index in [1.807, 2.05) is 13.8 Å². The minimum absolute atomic E-state index is 0.0656. The number of halogens is 1. The van der Waals surface area contributed by atoms with Gasteiger partial charge in [0.15, 0.2) is 0 Å². The number of carbonyl (C=O) groups is 2. The molecule has 0 radical (unpaired) electrons. The highest BCUT2D eigenvalue weighted by molar-refractivity contribution is 6.30. The molecule has 7 heteroatoms. The van der Waals surface area contributed by atoms with E-state index in [0.717, 1.165) is 6.42 Å². The maximum atomic E-state index is 11.8. The van der Waals surface area contributed by atoms with Crippen molar-refractivity contribution in [3.8, 4) is 5.75 Å². The molecule has 1 atom stereocenters. The molecule has 2 amide bonds. The number of nitrogens with one attached hydrogen (secondary N) is 3. The molecular formula is C16H24ClN3O3. The van der Waals surface area contributed by atoms with E-state index in [2.05, 4.69) is 16.0 Å². The van der Waals surface area contributed by atoms with E-state index >= 15 is 0 Å². The largest absolute Gasteiger partial charge is 0.495 e. The number of amides is 2. The fourth-order valence-electron chi connectivity index (χ4n) is 1.82. The Morgan fingerprint density at radius 2 is 2.04 bits per heavy atom. The van der Waals surface area contributed by atoms with Crippen LogP contribution in [0.3, 0.4) is 0 Å². The molecule has 3 N–H and O–H groups in total. The molecule has 23 heavy (non-hydrogen) atoms. The van der Waals surface area contributed by atoms with Crippen molar-refractivity contribution in [1.82, 2.24) is 10.6 Å². The number of rotatable bonds is 9. The Kier molecular flexibility index (Phi) is 8.26. The fraction of sp³-hybridized carbons (Fsp3) is 0.500. The highest BCUT2D eigenvalue weighted by atomic mass is 35.5. The number of benzene rings is 1. The maximum Gasteiger partial charge on any atom is 0.239 e. The first-order chi connectivity index (χ1) is 11.0. The molecule has 1 rings (SSSR count). The van der Waals surface area contributed by atoms with Crippen LogP contribution >= 0.6 is 11.6 Å². The van der Waals surface area contributed by atoms with Crippen LogP contribution in [0.25, 0.3) is 0 Å². The van der Waals surface area contributed by atoms with E-state index in [-0.39, 0.29) is 30.8 Å². The summed E-state index contributed by atoms with van der Waals surface area (Å²) in [6.45, 7) is 4.32. The predicted octanol–water partition coefficient (Wildman–Crippen LogP) is 2.18. The molecule has 0 aliphatic heterocycles. The summed E-state index contributed by atoms with van der Waals surface area (Å²) in [6.07, 6.45) is 1.14. The van der Waals surface area contributed by atoms with Crippen molar-refractivity contribution in [1.29, 1.82) is 0 Å². The van der Waals surface area contributed by atoms with E-state index in [1.165, 1.54) is 0 Å². The maximum absolute atomic E-state index is 11.8.